The Bertz CT molecular complexity index is 1120. The van der Waals surface area contributed by atoms with Crippen LogP contribution in [0.4, 0.5) is 14.5 Å². The molecule has 0 saturated carbocycles. The highest BCUT2D eigenvalue weighted by molar-refractivity contribution is 5.89. The largest absolute Gasteiger partial charge is 0.373 e. The Morgan fingerprint density at radius 1 is 1.18 bits per heavy atom. The van der Waals surface area contributed by atoms with Crippen molar-refractivity contribution < 1.29 is 13.6 Å². The second-order valence-electron chi connectivity index (χ2n) is 7.07. The monoisotopic (exact) mass is 383 g/mol. The van der Waals surface area contributed by atoms with Gasteiger partial charge in [-0.1, -0.05) is 18.2 Å². The predicted octanol–water partition coefficient (Wildman–Crippen LogP) is 3.36. The average Bonchev–Trinajstić information content (AvgIpc) is 3.12. The Balaban J connectivity index is 1.65. The number of hydrogen-bond acceptors (Lipinski definition) is 3. The molecule has 0 unspecified atom stereocenters. The summed E-state index contributed by atoms with van der Waals surface area (Å²) in [6.07, 6.45) is 2.03. The molecule has 1 amide bonds. The van der Waals surface area contributed by atoms with E-state index in [1.807, 2.05) is 24.3 Å². The summed E-state index contributed by atoms with van der Waals surface area (Å²) in [6, 6.07) is 8.79. The van der Waals surface area contributed by atoms with E-state index in [-0.39, 0.29) is 16.7 Å². The van der Waals surface area contributed by atoms with Gasteiger partial charge in [0.15, 0.2) is 11.6 Å². The van der Waals surface area contributed by atoms with Crippen molar-refractivity contribution in [1.29, 1.82) is 0 Å². The third-order valence-electron chi connectivity index (χ3n) is 5.42. The second-order valence-corrected chi connectivity index (χ2v) is 7.07. The minimum atomic E-state index is -1.08. The van der Waals surface area contributed by atoms with Crippen molar-refractivity contribution in [3.05, 3.63) is 75.7 Å². The van der Waals surface area contributed by atoms with E-state index in [0.29, 0.717) is 12.0 Å². The molecule has 5 nitrogen and oxygen atoms in total. The van der Waals surface area contributed by atoms with Crippen molar-refractivity contribution in [2.45, 2.75) is 25.4 Å². The molecule has 4 rings (SSSR count). The number of aromatic amines is 1. The molecule has 1 aliphatic heterocycles. The van der Waals surface area contributed by atoms with E-state index >= 15 is 0 Å². The number of amides is 1. The third-order valence-corrected chi connectivity index (χ3v) is 5.42. The number of nitrogens with one attached hydrogen (secondary N) is 2. The topological polar surface area (TPSA) is 65.2 Å². The van der Waals surface area contributed by atoms with Crippen molar-refractivity contribution in [3.63, 3.8) is 0 Å². The number of nitrogens with zero attached hydrogens (tertiary/aromatic N) is 1. The molecule has 1 aromatic heterocycles. The van der Waals surface area contributed by atoms with Gasteiger partial charge in [-0.2, -0.15) is 0 Å². The summed E-state index contributed by atoms with van der Waals surface area (Å²) >= 11 is 0. The fraction of sp³-hybridized carbons (Fsp3) is 0.238. The number of rotatable bonds is 3. The van der Waals surface area contributed by atoms with Gasteiger partial charge in [0.25, 0.3) is 5.56 Å². The maximum atomic E-state index is 13.8. The fourth-order valence-electron chi connectivity index (χ4n) is 3.71. The summed E-state index contributed by atoms with van der Waals surface area (Å²) in [5.74, 6) is -2.24. The summed E-state index contributed by atoms with van der Waals surface area (Å²) in [6.45, 7) is 1.79. The zero-order valence-corrected chi connectivity index (χ0v) is 15.4. The molecule has 2 heterocycles. The Morgan fingerprint density at radius 3 is 2.57 bits per heavy atom. The minimum absolute atomic E-state index is 0.0514. The van der Waals surface area contributed by atoms with Crippen LogP contribution in [0.15, 0.2) is 47.4 Å². The smallest absolute Gasteiger partial charge is 0.255 e. The highest BCUT2D eigenvalue weighted by Crippen LogP contribution is 2.30. The van der Waals surface area contributed by atoms with E-state index in [4.69, 9.17) is 0 Å². The lowest BCUT2D eigenvalue weighted by atomic mass is 10.0. The number of carbonyl (C=O) groups excluding carboxylic acids is 1. The average molecular weight is 383 g/mol. The van der Waals surface area contributed by atoms with Crippen molar-refractivity contribution >= 4 is 22.4 Å². The first-order valence-corrected chi connectivity index (χ1v) is 8.98. The Kier molecular flexibility index (Phi) is 4.37. The number of hydrogen-bond donors (Lipinski definition) is 2. The Hall–Kier alpha value is -3.22. The Labute approximate surface area is 160 Å². The van der Waals surface area contributed by atoms with E-state index in [1.54, 1.807) is 18.9 Å². The van der Waals surface area contributed by atoms with Crippen LogP contribution in [0.2, 0.25) is 0 Å². The summed E-state index contributed by atoms with van der Waals surface area (Å²) in [5.41, 5.74) is 2.05. The van der Waals surface area contributed by atoms with Gasteiger partial charge < -0.3 is 15.2 Å². The molecule has 2 atom stereocenters. The molecule has 0 spiro atoms. The minimum Gasteiger partial charge on any atom is -0.373 e. The van der Waals surface area contributed by atoms with Gasteiger partial charge in [-0.3, -0.25) is 9.59 Å². The molecule has 144 valence electrons. The molecule has 1 aliphatic rings. The summed E-state index contributed by atoms with van der Waals surface area (Å²) in [4.78, 5) is 29.1. The number of halogens is 2. The highest BCUT2D eigenvalue weighted by Gasteiger charge is 2.31. The number of para-hydroxylation sites is 1. The number of pyridine rings is 1. The second kappa shape index (κ2) is 6.74. The van der Waals surface area contributed by atoms with Gasteiger partial charge in [-0.25, -0.2) is 8.78 Å². The van der Waals surface area contributed by atoms with Crippen molar-refractivity contribution in [3.8, 4) is 0 Å². The molecule has 7 heteroatoms. The Morgan fingerprint density at radius 2 is 1.86 bits per heavy atom. The van der Waals surface area contributed by atoms with Gasteiger partial charge in [0, 0.05) is 25.4 Å². The standard InChI is InChI=1S/C21H19F2N3O2/c1-11(15-10-24-20(27)14-9-17(23)16(22)8-13(14)15)26(2)21(28)19-7-12-5-3-4-6-18(12)25-19/h3-6,8-11,19,25H,7H2,1-2H3,(H,24,27)/t11-,19-/m1/s1. The first-order chi connectivity index (χ1) is 13.4. The van der Waals surface area contributed by atoms with Gasteiger partial charge in [-0.05, 0) is 41.6 Å². The molecule has 2 N–H and O–H groups in total. The lowest BCUT2D eigenvalue weighted by Gasteiger charge is -2.28. The highest BCUT2D eigenvalue weighted by atomic mass is 19.2. The van der Waals surface area contributed by atoms with Crippen LogP contribution in [0.5, 0.6) is 0 Å². The number of anilines is 1. The quantitative estimate of drug-likeness (QED) is 0.729. The lowest BCUT2D eigenvalue weighted by molar-refractivity contribution is -0.132. The number of fused-ring (bicyclic) bond motifs is 2. The molecule has 0 bridgehead atoms. The van der Waals surface area contributed by atoms with Crippen LogP contribution >= 0.6 is 0 Å². The lowest BCUT2D eigenvalue weighted by Crippen LogP contribution is -2.41. The molecule has 0 radical (unpaired) electrons. The maximum absolute atomic E-state index is 13.8. The number of aromatic nitrogens is 1. The van der Waals surface area contributed by atoms with Crippen LogP contribution in [0.3, 0.4) is 0 Å². The van der Waals surface area contributed by atoms with Crippen molar-refractivity contribution in [1.82, 2.24) is 9.88 Å². The number of H-pyrrole nitrogens is 1. The summed E-state index contributed by atoms with van der Waals surface area (Å²) < 4.78 is 27.4. The molecule has 0 aliphatic carbocycles. The molecular weight excluding hydrogens is 364 g/mol. The number of likely N-dealkylation sites (N-methyl/N-ethyl adjacent to an activating group) is 1. The molecule has 0 fully saturated rings. The van der Waals surface area contributed by atoms with Crippen molar-refractivity contribution in [2.75, 3.05) is 12.4 Å². The first kappa shape index (κ1) is 18.2. The van der Waals surface area contributed by atoms with Crippen LogP contribution in [-0.4, -0.2) is 28.9 Å². The van der Waals surface area contributed by atoms with Gasteiger partial charge in [0.05, 0.1) is 11.4 Å². The summed E-state index contributed by atoms with van der Waals surface area (Å²) in [5, 5.41) is 3.57. The maximum Gasteiger partial charge on any atom is 0.255 e. The molecule has 2 aromatic carbocycles. The van der Waals surface area contributed by atoms with E-state index < -0.39 is 29.3 Å². The molecule has 28 heavy (non-hydrogen) atoms. The molecule has 3 aromatic rings. The number of benzene rings is 2. The zero-order chi connectivity index (χ0) is 20.0. The van der Waals surface area contributed by atoms with Gasteiger partial charge in [0.1, 0.15) is 6.04 Å². The molecular formula is C21H19F2N3O2. The van der Waals surface area contributed by atoms with E-state index in [0.717, 1.165) is 23.4 Å². The van der Waals surface area contributed by atoms with Crippen LogP contribution in [0.1, 0.15) is 24.1 Å². The normalized spacial score (nSPS) is 16.5. The van der Waals surface area contributed by atoms with E-state index in [2.05, 4.69) is 10.3 Å². The van der Waals surface area contributed by atoms with Gasteiger partial charge >= 0.3 is 0 Å². The van der Waals surface area contributed by atoms with E-state index in [1.165, 1.54) is 6.20 Å². The van der Waals surface area contributed by atoms with Crippen LogP contribution in [0.25, 0.3) is 10.8 Å². The van der Waals surface area contributed by atoms with Crippen LogP contribution in [0, 0.1) is 11.6 Å². The van der Waals surface area contributed by atoms with Crippen LogP contribution in [-0.2, 0) is 11.2 Å². The third kappa shape index (κ3) is 2.93. The number of carbonyl (C=O) groups is 1. The SMILES string of the molecule is C[C@H](c1c[nH]c(=O)c2cc(F)c(F)cc12)N(C)C(=O)[C@H]1Cc2ccccc2N1. The van der Waals surface area contributed by atoms with Crippen LogP contribution < -0.4 is 10.9 Å². The van der Waals surface area contributed by atoms with E-state index in [9.17, 15) is 18.4 Å². The van der Waals surface area contributed by atoms with Gasteiger partial charge in [0.2, 0.25) is 5.91 Å². The molecule has 0 saturated heterocycles. The predicted molar refractivity (Wildman–Crippen MR) is 103 cm³/mol. The first-order valence-electron chi connectivity index (χ1n) is 8.98. The van der Waals surface area contributed by atoms with Crippen molar-refractivity contribution in [2.24, 2.45) is 0 Å². The fourth-order valence-corrected chi connectivity index (χ4v) is 3.71. The zero-order valence-electron chi connectivity index (χ0n) is 15.4. The van der Waals surface area contributed by atoms with Gasteiger partial charge in [-0.15, -0.1) is 0 Å². The summed E-state index contributed by atoms with van der Waals surface area (Å²) in [7, 11) is 1.66.